The van der Waals surface area contributed by atoms with Gasteiger partial charge in [-0.05, 0) is 61.5 Å². The zero-order chi connectivity index (χ0) is 20.3. The van der Waals surface area contributed by atoms with Gasteiger partial charge in [0.2, 0.25) is 5.91 Å². The van der Waals surface area contributed by atoms with Crippen LogP contribution in [0, 0.1) is 5.92 Å². The number of amides is 1. The second kappa shape index (κ2) is 8.68. The lowest BCUT2D eigenvalue weighted by Gasteiger charge is -2.27. The van der Waals surface area contributed by atoms with Gasteiger partial charge in [0.1, 0.15) is 13.2 Å². The Morgan fingerprint density at radius 1 is 1.00 bits per heavy atom. The number of nitrogens with zero attached hydrogens (tertiary/aromatic N) is 2. The van der Waals surface area contributed by atoms with E-state index >= 15 is 0 Å². The van der Waals surface area contributed by atoms with Crippen LogP contribution in [0.5, 0.6) is 11.5 Å². The minimum atomic E-state index is 0.114. The number of carbonyl (C=O) groups excluding carboxylic acids is 1. The Balaban J connectivity index is 1.29. The molecular formula is C25H30N2O3. The highest BCUT2D eigenvalue weighted by molar-refractivity contribution is 5.83. The maximum absolute atomic E-state index is 13.4. The smallest absolute Gasteiger partial charge is 0.226 e. The fourth-order valence-electron chi connectivity index (χ4n) is 4.71. The minimum absolute atomic E-state index is 0.114. The van der Waals surface area contributed by atoms with Crippen molar-refractivity contribution in [1.82, 2.24) is 9.80 Å². The maximum Gasteiger partial charge on any atom is 0.226 e. The van der Waals surface area contributed by atoms with E-state index in [2.05, 4.69) is 40.1 Å². The molecule has 1 aliphatic carbocycles. The molecule has 2 aromatic rings. The summed E-state index contributed by atoms with van der Waals surface area (Å²) in [5.41, 5.74) is 2.39. The number of rotatable bonds is 7. The number of hydrogen-bond acceptors (Lipinski definition) is 4. The van der Waals surface area contributed by atoms with Crippen LogP contribution in [0.1, 0.15) is 36.3 Å². The molecule has 5 rings (SSSR count). The minimum Gasteiger partial charge on any atom is -0.486 e. The van der Waals surface area contributed by atoms with Crippen molar-refractivity contribution >= 4 is 5.91 Å². The van der Waals surface area contributed by atoms with Crippen LogP contribution >= 0.6 is 0 Å². The van der Waals surface area contributed by atoms with E-state index in [4.69, 9.17) is 9.47 Å². The monoisotopic (exact) mass is 406 g/mol. The third kappa shape index (κ3) is 4.31. The first-order valence-electron chi connectivity index (χ1n) is 11.2. The fraction of sp³-hybridized carbons (Fsp3) is 0.480. The number of benzene rings is 2. The first-order valence-corrected chi connectivity index (χ1v) is 11.2. The average molecular weight is 407 g/mol. The van der Waals surface area contributed by atoms with Gasteiger partial charge >= 0.3 is 0 Å². The zero-order valence-corrected chi connectivity index (χ0v) is 17.5. The van der Waals surface area contributed by atoms with Crippen molar-refractivity contribution in [3.63, 3.8) is 0 Å². The van der Waals surface area contributed by atoms with E-state index in [1.165, 1.54) is 18.4 Å². The number of ether oxygens (including phenoxy) is 2. The van der Waals surface area contributed by atoms with Crippen molar-refractivity contribution in [2.24, 2.45) is 5.92 Å². The largest absolute Gasteiger partial charge is 0.486 e. The number of fused-ring (bicyclic) bond motifs is 1. The van der Waals surface area contributed by atoms with Crippen molar-refractivity contribution in [2.75, 3.05) is 39.4 Å². The standard InChI is InChI=1S/C25H30N2O3/c28-25(22-17-21(22)20-6-2-1-3-7-20)27(13-12-26-10-4-5-11-26)18-19-8-9-23-24(16-19)30-15-14-29-23/h1-3,6-9,16,21-22H,4-5,10-15,17-18H2/t21-,22-/m0/s1. The molecule has 158 valence electrons. The Morgan fingerprint density at radius 2 is 1.77 bits per heavy atom. The summed E-state index contributed by atoms with van der Waals surface area (Å²) in [6, 6.07) is 16.5. The summed E-state index contributed by atoms with van der Waals surface area (Å²) in [7, 11) is 0. The predicted molar refractivity (Wildman–Crippen MR) is 116 cm³/mol. The van der Waals surface area contributed by atoms with Gasteiger partial charge in [-0.25, -0.2) is 0 Å². The molecule has 2 fully saturated rings. The van der Waals surface area contributed by atoms with E-state index < -0.39 is 0 Å². The van der Waals surface area contributed by atoms with Crippen LogP contribution < -0.4 is 9.47 Å². The summed E-state index contributed by atoms with van der Waals surface area (Å²) >= 11 is 0. The molecule has 0 bridgehead atoms. The Morgan fingerprint density at radius 3 is 2.57 bits per heavy atom. The van der Waals surface area contributed by atoms with Gasteiger partial charge in [0.15, 0.2) is 11.5 Å². The second-order valence-electron chi connectivity index (χ2n) is 8.65. The molecule has 2 aliphatic heterocycles. The molecule has 0 radical (unpaired) electrons. The van der Waals surface area contributed by atoms with Crippen LogP contribution in [0.2, 0.25) is 0 Å². The van der Waals surface area contributed by atoms with Gasteiger partial charge in [0.25, 0.3) is 0 Å². The second-order valence-corrected chi connectivity index (χ2v) is 8.65. The summed E-state index contributed by atoms with van der Waals surface area (Å²) in [4.78, 5) is 18.0. The van der Waals surface area contributed by atoms with Crippen molar-refractivity contribution in [3.8, 4) is 11.5 Å². The van der Waals surface area contributed by atoms with E-state index in [1.54, 1.807) is 0 Å². The normalized spacial score (nSPS) is 22.7. The fourth-order valence-corrected chi connectivity index (χ4v) is 4.71. The molecule has 2 aromatic carbocycles. The first kappa shape index (κ1) is 19.4. The molecule has 0 N–H and O–H groups in total. The van der Waals surface area contributed by atoms with Crippen LogP contribution in [-0.4, -0.2) is 55.1 Å². The third-order valence-electron chi connectivity index (χ3n) is 6.51. The molecule has 1 saturated heterocycles. The lowest BCUT2D eigenvalue weighted by atomic mass is 10.1. The summed E-state index contributed by atoms with van der Waals surface area (Å²) in [6.45, 7) is 5.85. The van der Waals surface area contributed by atoms with Crippen LogP contribution in [0.4, 0.5) is 0 Å². The SMILES string of the molecule is O=C([C@H]1C[C@H]1c1ccccc1)N(CCN1CCCC1)Cc1ccc2c(c1)OCCO2. The Hall–Kier alpha value is -2.53. The van der Waals surface area contributed by atoms with Gasteiger partial charge in [0.05, 0.1) is 0 Å². The van der Waals surface area contributed by atoms with Gasteiger partial charge in [-0.2, -0.15) is 0 Å². The summed E-state index contributed by atoms with van der Waals surface area (Å²) < 4.78 is 11.4. The Kier molecular flexibility index (Phi) is 5.63. The molecule has 3 aliphatic rings. The van der Waals surface area contributed by atoms with E-state index in [1.807, 2.05) is 18.2 Å². The lowest BCUT2D eigenvalue weighted by molar-refractivity contribution is -0.133. The van der Waals surface area contributed by atoms with E-state index in [0.717, 1.165) is 49.7 Å². The number of hydrogen-bond donors (Lipinski definition) is 0. The predicted octanol–water partition coefficient (Wildman–Crippen LogP) is 3.69. The van der Waals surface area contributed by atoms with Gasteiger partial charge in [-0.15, -0.1) is 0 Å². The quantitative estimate of drug-likeness (QED) is 0.703. The molecule has 0 unspecified atom stereocenters. The van der Waals surface area contributed by atoms with E-state index in [0.29, 0.717) is 25.7 Å². The zero-order valence-electron chi connectivity index (χ0n) is 17.5. The van der Waals surface area contributed by atoms with Crippen LogP contribution in [0.25, 0.3) is 0 Å². The Bertz CT molecular complexity index is 879. The molecule has 5 heteroatoms. The molecular weight excluding hydrogens is 376 g/mol. The molecule has 2 heterocycles. The van der Waals surface area contributed by atoms with E-state index in [9.17, 15) is 4.79 Å². The molecule has 1 saturated carbocycles. The summed E-state index contributed by atoms with van der Waals surface area (Å²) in [6.07, 6.45) is 3.51. The molecule has 0 aromatic heterocycles. The molecule has 30 heavy (non-hydrogen) atoms. The van der Waals surface area contributed by atoms with Gasteiger partial charge in [-0.3, -0.25) is 4.79 Å². The average Bonchev–Trinajstić information content (AvgIpc) is 3.43. The van der Waals surface area contributed by atoms with Crippen molar-refractivity contribution < 1.29 is 14.3 Å². The number of likely N-dealkylation sites (tertiary alicyclic amines) is 1. The number of carbonyl (C=O) groups is 1. The summed E-state index contributed by atoms with van der Waals surface area (Å²) in [5, 5.41) is 0. The van der Waals surface area contributed by atoms with Crippen LogP contribution in [0.15, 0.2) is 48.5 Å². The Labute approximate surface area is 178 Å². The van der Waals surface area contributed by atoms with Crippen molar-refractivity contribution in [1.29, 1.82) is 0 Å². The van der Waals surface area contributed by atoms with Crippen LogP contribution in [-0.2, 0) is 11.3 Å². The lowest BCUT2D eigenvalue weighted by Crippen LogP contribution is -2.38. The molecule has 2 atom stereocenters. The van der Waals surface area contributed by atoms with Crippen LogP contribution in [0.3, 0.4) is 0 Å². The van der Waals surface area contributed by atoms with E-state index in [-0.39, 0.29) is 11.8 Å². The highest BCUT2D eigenvalue weighted by atomic mass is 16.6. The van der Waals surface area contributed by atoms with Crippen molar-refractivity contribution in [2.45, 2.75) is 31.7 Å². The highest BCUT2D eigenvalue weighted by Gasteiger charge is 2.45. The van der Waals surface area contributed by atoms with Gasteiger partial charge in [-0.1, -0.05) is 36.4 Å². The maximum atomic E-state index is 13.4. The summed E-state index contributed by atoms with van der Waals surface area (Å²) in [5.74, 6) is 2.36. The molecule has 1 amide bonds. The third-order valence-corrected chi connectivity index (χ3v) is 6.51. The molecule has 0 spiro atoms. The van der Waals surface area contributed by atoms with Crippen molar-refractivity contribution in [3.05, 3.63) is 59.7 Å². The first-order chi connectivity index (χ1) is 14.8. The van der Waals surface area contributed by atoms with Gasteiger partial charge < -0.3 is 19.3 Å². The van der Waals surface area contributed by atoms with Gasteiger partial charge in [0, 0.05) is 25.6 Å². The molecule has 5 nitrogen and oxygen atoms in total. The highest BCUT2D eigenvalue weighted by Crippen LogP contribution is 2.48. The topological polar surface area (TPSA) is 42.0 Å².